The summed E-state index contributed by atoms with van der Waals surface area (Å²) in [5.41, 5.74) is 0.668. The summed E-state index contributed by atoms with van der Waals surface area (Å²) in [6, 6.07) is 5.71. The molecule has 0 aliphatic heterocycles. The van der Waals surface area contributed by atoms with E-state index in [-0.39, 0.29) is 5.91 Å². The Bertz CT molecular complexity index is 447. The zero-order valence-electron chi connectivity index (χ0n) is 10.7. The Kier molecular flexibility index (Phi) is 4.27. The third-order valence-electron chi connectivity index (χ3n) is 3.59. The van der Waals surface area contributed by atoms with Crippen molar-refractivity contribution in [2.45, 2.75) is 32.2 Å². The van der Waals surface area contributed by atoms with Gasteiger partial charge in [0.15, 0.2) is 0 Å². The highest BCUT2D eigenvalue weighted by atomic mass is 79.9. The van der Waals surface area contributed by atoms with E-state index in [2.05, 4.69) is 28.2 Å². The molecule has 0 spiro atoms. The molecule has 1 aromatic carbocycles. The molecule has 0 radical (unpaired) electrons. The lowest BCUT2D eigenvalue weighted by molar-refractivity contribution is 0.0929. The summed E-state index contributed by atoms with van der Waals surface area (Å²) >= 11 is 3.40. The lowest BCUT2D eigenvalue weighted by atomic mass is 10.1. The van der Waals surface area contributed by atoms with Gasteiger partial charge in [-0.05, 0) is 52.9 Å². The lowest BCUT2D eigenvalue weighted by Gasteiger charge is -2.17. The number of amides is 1. The molecule has 1 N–H and O–H groups in total. The maximum atomic E-state index is 12.1. The van der Waals surface area contributed by atoms with Crippen LogP contribution in [0.4, 0.5) is 0 Å². The predicted octanol–water partition coefficient (Wildman–Crippen LogP) is 3.38. The summed E-state index contributed by atoms with van der Waals surface area (Å²) in [5, 5.41) is 3.11. The average Bonchev–Trinajstić information content (AvgIpc) is 2.75. The van der Waals surface area contributed by atoms with E-state index in [1.165, 1.54) is 12.8 Å². The van der Waals surface area contributed by atoms with Gasteiger partial charge in [-0.15, -0.1) is 0 Å². The molecule has 3 nitrogen and oxygen atoms in total. The Balaban J connectivity index is 2.07. The summed E-state index contributed by atoms with van der Waals surface area (Å²) in [7, 11) is 1.61. The zero-order valence-corrected chi connectivity index (χ0v) is 12.3. The summed E-state index contributed by atoms with van der Waals surface area (Å²) in [6.45, 7) is 2.20. The molecule has 1 aromatic rings. The Morgan fingerprint density at radius 2 is 2.22 bits per heavy atom. The summed E-state index contributed by atoms with van der Waals surface area (Å²) in [6.07, 6.45) is 3.50. The van der Waals surface area contributed by atoms with Crippen LogP contribution in [0.15, 0.2) is 22.7 Å². The number of ether oxygens (including phenoxy) is 1. The van der Waals surface area contributed by atoms with Crippen molar-refractivity contribution in [2.75, 3.05) is 7.11 Å². The number of hydrogen-bond donors (Lipinski definition) is 1. The molecule has 1 fully saturated rings. The maximum Gasteiger partial charge on any atom is 0.251 e. The number of carbonyl (C=O) groups excluding carboxylic acids is 1. The van der Waals surface area contributed by atoms with E-state index in [9.17, 15) is 4.79 Å². The summed E-state index contributed by atoms with van der Waals surface area (Å²) < 4.78 is 5.95. The van der Waals surface area contributed by atoms with Crippen LogP contribution in [0.5, 0.6) is 5.75 Å². The van der Waals surface area contributed by atoms with E-state index >= 15 is 0 Å². The first-order chi connectivity index (χ1) is 8.61. The molecule has 0 saturated heterocycles. The zero-order chi connectivity index (χ0) is 13.1. The van der Waals surface area contributed by atoms with E-state index < -0.39 is 0 Å². The SMILES string of the molecule is COc1ccc(C(=O)NC2CCCC2C)cc1Br. The van der Waals surface area contributed by atoms with Crippen LogP contribution < -0.4 is 10.1 Å². The first-order valence-corrected chi connectivity index (χ1v) is 7.05. The second-order valence-corrected chi connectivity index (χ2v) is 5.69. The standard InChI is InChI=1S/C14H18BrNO2/c1-9-4-3-5-12(9)16-14(17)10-6-7-13(18-2)11(15)8-10/h6-9,12H,3-5H2,1-2H3,(H,16,17). The molecule has 18 heavy (non-hydrogen) atoms. The molecule has 2 atom stereocenters. The molecule has 98 valence electrons. The van der Waals surface area contributed by atoms with Crippen LogP contribution in [0.2, 0.25) is 0 Å². The highest BCUT2D eigenvalue weighted by Gasteiger charge is 2.25. The van der Waals surface area contributed by atoms with Gasteiger partial charge in [-0.25, -0.2) is 0 Å². The molecule has 1 aliphatic rings. The molecule has 1 saturated carbocycles. The molecule has 4 heteroatoms. The normalized spacial score (nSPS) is 22.8. The highest BCUT2D eigenvalue weighted by molar-refractivity contribution is 9.10. The Morgan fingerprint density at radius 3 is 2.78 bits per heavy atom. The third-order valence-corrected chi connectivity index (χ3v) is 4.21. The van der Waals surface area contributed by atoms with Gasteiger partial charge in [-0.3, -0.25) is 4.79 Å². The van der Waals surface area contributed by atoms with Crippen LogP contribution in [0.25, 0.3) is 0 Å². The number of hydrogen-bond acceptors (Lipinski definition) is 2. The van der Waals surface area contributed by atoms with Gasteiger partial charge in [0.1, 0.15) is 5.75 Å². The number of halogens is 1. The monoisotopic (exact) mass is 311 g/mol. The van der Waals surface area contributed by atoms with Crippen molar-refractivity contribution in [1.29, 1.82) is 0 Å². The van der Waals surface area contributed by atoms with Gasteiger partial charge in [0, 0.05) is 11.6 Å². The second kappa shape index (κ2) is 5.74. The van der Waals surface area contributed by atoms with Crippen molar-refractivity contribution in [3.05, 3.63) is 28.2 Å². The molecular formula is C14H18BrNO2. The van der Waals surface area contributed by atoms with E-state index in [4.69, 9.17) is 4.74 Å². The van der Waals surface area contributed by atoms with Crippen molar-refractivity contribution < 1.29 is 9.53 Å². The second-order valence-electron chi connectivity index (χ2n) is 4.84. The van der Waals surface area contributed by atoms with Crippen molar-refractivity contribution in [2.24, 2.45) is 5.92 Å². The fourth-order valence-corrected chi connectivity index (χ4v) is 2.96. The predicted molar refractivity (Wildman–Crippen MR) is 75.0 cm³/mol. The molecule has 2 rings (SSSR count). The molecular weight excluding hydrogens is 294 g/mol. The minimum Gasteiger partial charge on any atom is -0.496 e. The van der Waals surface area contributed by atoms with Crippen molar-refractivity contribution in [3.63, 3.8) is 0 Å². The van der Waals surface area contributed by atoms with E-state index in [1.807, 2.05) is 0 Å². The van der Waals surface area contributed by atoms with Gasteiger partial charge < -0.3 is 10.1 Å². The quantitative estimate of drug-likeness (QED) is 0.929. The van der Waals surface area contributed by atoms with Crippen LogP contribution >= 0.6 is 15.9 Å². The third kappa shape index (κ3) is 2.86. The topological polar surface area (TPSA) is 38.3 Å². The van der Waals surface area contributed by atoms with Crippen LogP contribution in [-0.2, 0) is 0 Å². The maximum absolute atomic E-state index is 12.1. The fraction of sp³-hybridized carbons (Fsp3) is 0.500. The molecule has 1 aliphatic carbocycles. The average molecular weight is 312 g/mol. The lowest BCUT2D eigenvalue weighted by Crippen LogP contribution is -2.36. The fourth-order valence-electron chi connectivity index (χ4n) is 2.42. The van der Waals surface area contributed by atoms with Gasteiger partial charge in [0.25, 0.3) is 5.91 Å². The largest absolute Gasteiger partial charge is 0.496 e. The van der Waals surface area contributed by atoms with Crippen molar-refractivity contribution in [1.82, 2.24) is 5.32 Å². The number of benzene rings is 1. The van der Waals surface area contributed by atoms with Gasteiger partial charge >= 0.3 is 0 Å². The first-order valence-electron chi connectivity index (χ1n) is 6.26. The summed E-state index contributed by atoms with van der Waals surface area (Å²) in [5.74, 6) is 1.31. The van der Waals surface area contributed by atoms with Crippen LogP contribution in [0.3, 0.4) is 0 Å². The van der Waals surface area contributed by atoms with Crippen LogP contribution in [-0.4, -0.2) is 19.1 Å². The van der Waals surface area contributed by atoms with Crippen LogP contribution in [0.1, 0.15) is 36.5 Å². The Morgan fingerprint density at radius 1 is 1.44 bits per heavy atom. The number of carbonyl (C=O) groups is 1. The highest BCUT2D eigenvalue weighted by Crippen LogP contribution is 2.27. The van der Waals surface area contributed by atoms with E-state index in [1.54, 1.807) is 25.3 Å². The molecule has 0 aromatic heterocycles. The minimum absolute atomic E-state index is 0.00268. The molecule has 0 bridgehead atoms. The Hall–Kier alpha value is -1.03. The number of methoxy groups -OCH3 is 1. The number of nitrogens with one attached hydrogen (secondary N) is 1. The molecule has 0 heterocycles. The van der Waals surface area contributed by atoms with Gasteiger partial charge in [0.2, 0.25) is 0 Å². The minimum atomic E-state index is -0.00268. The van der Waals surface area contributed by atoms with E-state index in [0.717, 1.165) is 16.6 Å². The first kappa shape index (κ1) is 13.4. The smallest absolute Gasteiger partial charge is 0.251 e. The van der Waals surface area contributed by atoms with Gasteiger partial charge in [0.05, 0.1) is 11.6 Å². The Labute approximate surface area is 116 Å². The molecule has 2 unspecified atom stereocenters. The van der Waals surface area contributed by atoms with Gasteiger partial charge in [-0.1, -0.05) is 13.3 Å². The number of rotatable bonds is 3. The van der Waals surface area contributed by atoms with E-state index in [0.29, 0.717) is 17.5 Å². The van der Waals surface area contributed by atoms with Crippen LogP contribution in [0, 0.1) is 5.92 Å². The summed E-state index contributed by atoms with van der Waals surface area (Å²) in [4.78, 5) is 12.1. The molecule has 1 amide bonds. The van der Waals surface area contributed by atoms with Gasteiger partial charge in [-0.2, -0.15) is 0 Å². The van der Waals surface area contributed by atoms with Crippen molar-refractivity contribution >= 4 is 21.8 Å². The van der Waals surface area contributed by atoms with Crippen molar-refractivity contribution in [3.8, 4) is 5.75 Å².